The third-order valence-electron chi connectivity index (χ3n) is 3.88. The van der Waals surface area contributed by atoms with Crippen LogP contribution < -0.4 is 10.6 Å². The molecule has 2 rings (SSSR count). The Balaban J connectivity index is 1.72. The fraction of sp³-hybridized carbons (Fsp3) is 0.588. The monoisotopic (exact) mass is 307 g/mol. The molecule has 1 aliphatic rings. The average Bonchev–Trinajstić information content (AvgIpc) is 2.47. The normalized spacial score (nSPS) is 19.2. The number of carbonyl (C=O) groups is 1. The topological polar surface area (TPSA) is 44.4 Å². The number of nitrogens with zero attached hydrogens (tertiary/aromatic N) is 1. The Morgan fingerprint density at radius 3 is 2.77 bits per heavy atom. The van der Waals surface area contributed by atoms with E-state index in [0.29, 0.717) is 24.1 Å². The molecule has 1 aliphatic heterocycles. The summed E-state index contributed by atoms with van der Waals surface area (Å²) in [5.41, 5.74) is 0.601. The summed E-state index contributed by atoms with van der Waals surface area (Å²) < 4.78 is 12.8. The second kappa shape index (κ2) is 8.13. The molecule has 4 nitrogen and oxygen atoms in total. The molecule has 122 valence electrons. The molecular weight excluding hydrogens is 281 g/mol. The zero-order chi connectivity index (χ0) is 15.9. The third kappa shape index (κ3) is 5.64. The molecule has 0 aliphatic carbocycles. The zero-order valence-corrected chi connectivity index (χ0v) is 13.4. The Kier molecular flexibility index (Phi) is 6.19. The van der Waals surface area contributed by atoms with Crippen LogP contribution in [0.5, 0.6) is 0 Å². The van der Waals surface area contributed by atoms with E-state index in [9.17, 15) is 9.18 Å². The summed E-state index contributed by atoms with van der Waals surface area (Å²) in [6, 6.07) is 5.55. The van der Waals surface area contributed by atoms with Crippen LogP contribution in [0, 0.1) is 17.7 Å². The maximum Gasteiger partial charge on any atom is 0.319 e. The minimum atomic E-state index is -0.307. The van der Waals surface area contributed by atoms with Gasteiger partial charge in [-0.3, -0.25) is 0 Å². The molecule has 5 heteroatoms. The van der Waals surface area contributed by atoms with E-state index in [1.165, 1.54) is 18.6 Å². The molecule has 1 atom stereocenters. The highest BCUT2D eigenvalue weighted by molar-refractivity contribution is 5.89. The number of hydrogen-bond donors (Lipinski definition) is 2. The van der Waals surface area contributed by atoms with Crippen molar-refractivity contribution in [3.63, 3.8) is 0 Å². The maximum atomic E-state index is 12.8. The van der Waals surface area contributed by atoms with Gasteiger partial charge in [0, 0.05) is 25.3 Å². The molecule has 1 aromatic carbocycles. The van der Waals surface area contributed by atoms with Gasteiger partial charge in [-0.1, -0.05) is 13.8 Å². The van der Waals surface area contributed by atoms with Gasteiger partial charge in [-0.25, -0.2) is 9.18 Å². The summed E-state index contributed by atoms with van der Waals surface area (Å²) in [5.74, 6) is 0.873. The predicted molar refractivity (Wildman–Crippen MR) is 87.4 cm³/mol. The van der Waals surface area contributed by atoms with Crippen LogP contribution in [0.25, 0.3) is 0 Å². The SMILES string of the molecule is CC(C)CN1CCCC(CNC(=O)Nc2ccc(F)cc2)C1. The molecule has 1 saturated heterocycles. The molecule has 0 bridgehead atoms. The number of amides is 2. The quantitative estimate of drug-likeness (QED) is 0.876. The van der Waals surface area contributed by atoms with Crippen molar-refractivity contribution in [3.05, 3.63) is 30.1 Å². The fourth-order valence-corrected chi connectivity index (χ4v) is 2.95. The van der Waals surface area contributed by atoms with Gasteiger partial charge in [-0.15, -0.1) is 0 Å². The zero-order valence-electron chi connectivity index (χ0n) is 13.4. The number of urea groups is 1. The lowest BCUT2D eigenvalue weighted by Crippen LogP contribution is -2.43. The molecule has 1 fully saturated rings. The second-order valence-electron chi connectivity index (χ2n) is 6.50. The van der Waals surface area contributed by atoms with Crippen molar-refractivity contribution in [2.45, 2.75) is 26.7 Å². The van der Waals surface area contributed by atoms with Crippen molar-refractivity contribution in [2.24, 2.45) is 11.8 Å². The van der Waals surface area contributed by atoms with Gasteiger partial charge in [0.2, 0.25) is 0 Å². The van der Waals surface area contributed by atoms with Gasteiger partial charge in [0.15, 0.2) is 0 Å². The number of carbonyl (C=O) groups excluding carboxylic acids is 1. The van der Waals surface area contributed by atoms with E-state index in [1.54, 1.807) is 12.1 Å². The lowest BCUT2D eigenvalue weighted by Gasteiger charge is -2.33. The number of hydrogen-bond acceptors (Lipinski definition) is 2. The molecular formula is C17H26FN3O. The Morgan fingerprint density at radius 2 is 2.09 bits per heavy atom. The highest BCUT2D eigenvalue weighted by Gasteiger charge is 2.20. The Morgan fingerprint density at radius 1 is 1.36 bits per heavy atom. The van der Waals surface area contributed by atoms with Gasteiger partial charge in [-0.05, 0) is 55.5 Å². The van der Waals surface area contributed by atoms with E-state index < -0.39 is 0 Å². The highest BCUT2D eigenvalue weighted by Crippen LogP contribution is 2.17. The number of likely N-dealkylation sites (tertiary alicyclic amines) is 1. The van der Waals surface area contributed by atoms with E-state index in [-0.39, 0.29) is 11.8 Å². The van der Waals surface area contributed by atoms with E-state index in [0.717, 1.165) is 26.1 Å². The first-order valence-electron chi connectivity index (χ1n) is 8.05. The number of benzene rings is 1. The molecule has 0 spiro atoms. The summed E-state index contributed by atoms with van der Waals surface area (Å²) in [7, 11) is 0. The van der Waals surface area contributed by atoms with E-state index in [4.69, 9.17) is 0 Å². The van der Waals surface area contributed by atoms with E-state index >= 15 is 0 Å². The van der Waals surface area contributed by atoms with Crippen LogP contribution in [-0.4, -0.2) is 37.1 Å². The molecule has 1 unspecified atom stereocenters. The molecule has 22 heavy (non-hydrogen) atoms. The van der Waals surface area contributed by atoms with Gasteiger partial charge in [-0.2, -0.15) is 0 Å². The molecule has 0 radical (unpaired) electrons. The van der Waals surface area contributed by atoms with Crippen molar-refractivity contribution >= 4 is 11.7 Å². The van der Waals surface area contributed by atoms with Gasteiger partial charge in [0.05, 0.1) is 0 Å². The molecule has 2 amide bonds. The number of halogens is 1. The lowest BCUT2D eigenvalue weighted by molar-refractivity contribution is 0.157. The number of nitrogens with one attached hydrogen (secondary N) is 2. The highest BCUT2D eigenvalue weighted by atomic mass is 19.1. The standard InChI is InChI=1S/C17H26FN3O/c1-13(2)11-21-9-3-4-14(12-21)10-19-17(22)20-16-7-5-15(18)6-8-16/h5-8,13-14H,3-4,9-12H2,1-2H3,(H2,19,20,22). The first kappa shape index (κ1) is 16.7. The lowest BCUT2D eigenvalue weighted by atomic mass is 9.97. The summed E-state index contributed by atoms with van der Waals surface area (Å²) in [5, 5.41) is 5.64. The molecule has 0 saturated carbocycles. The fourth-order valence-electron chi connectivity index (χ4n) is 2.95. The van der Waals surface area contributed by atoms with Crippen LogP contribution in [0.2, 0.25) is 0 Å². The van der Waals surface area contributed by atoms with Crippen molar-refractivity contribution < 1.29 is 9.18 Å². The average molecular weight is 307 g/mol. The molecule has 2 N–H and O–H groups in total. The second-order valence-corrected chi connectivity index (χ2v) is 6.50. The minimum absolute atomic E-state index is 0.229. The van der Waals surface area contributed by atoms with Crippen molar-refractivity contribution in [3.8, 4) is 0 Å². The van der Waals surface area contributed by atoms with Gasteiger partial charge in [0.25, 0.3) is 0 Å². The van der Waals surface area contributed by atoms with Crippen LogP contribution >= 0.6 is 0 Å². The summed E-state index contributed by atoms with van der Waals surface area (Å²) >= 11 is 0. The van der Waals surface area contributed by atoms with E-state index in [2.05, 4.69) is 29.4 Å². The summed E-state index contributed by atoms with van der Waals surface area (Å²) in [6.45, 7) is 8.49. The summed E-state index contributed by atoms with van der Waals surface area (Å²) in [6.07, 6.45) is 2.35. The van der Waals surface area contributed by atoms with Gasteiger partial charge in [0.1, 0.15) is 5.82 Å². The molecule has 1 heterocycles. The third-order valence-corrected chi connectivity index (χ3v) is 3.88. The minimum Gasteiger partial charge on any atom is -0.338 e. The van der Waals surface area contributed by atoms with Gasteiger partial charge < -0.3 is 15.5 Å². The Labute approximate surface area is 132 Å². The Hall–Kier alpha value is -1.62. The number of rotatable bonds is 5. The van der Waals surface area contributed by atoms with Crippen molar-refractivity contribution in [1.82, 2.24) is 10.2 Å². The molecule has 0 aromatic heterocycles. The molecule has 1 aromatic rings. The first-order valence-corrected chi connectivity index (χ1v) is 8.05. The van der Waals surface area contributed by atoms with Crippen molar-refractivity contribution in [1.29, 1.82) is 0 Å². The predicted octanol–water partition coefficient (Wildman–Crippen LogP) is 3.32. The Bertz CT molecular complexity index is 475. The van der Waals surface area contributed by atoms with Crippen molar-refractivity contribution in [2.75, 3.05) is 31.5 Å². The van der Waals surface area contributed by atoms with E-state index in [1.807, 2.05) is 0 Å². The van der Waals surface area contributed by atoms with Gasteiger partial charge >= 0.3 is 6.03 Å². The maximum absolute atomic E-state index is 12.8. The smallest absolute Gasteiger partial charge is 0.319 e. The number of anilines is 1. The first-order chi connectivity index (χ1) is 10.5. The number of piperidine rings is 1. The summed E-state index contributed by atoms with van der Waals surface area (Å²) in [4.78, 5) is 14.4. The van der Waals surface area contributed by atoms with Crippen LogP contribution in [-0.2, 0) is 0 Å². The largest absolute Gasteiger partial charge is 0.338 e. The van der Waals surface area contributed by atoms with Crippen LogP contribution in [0.4, 0.5) is 14.9 Å². The van der Waals surface area contributed by atoms with Crippen LogP contribution in [0.3, 0.4) is 0 Å². The van der Waals surface area contributed by atoms with Crippen LogP contribution in [0.1, 0.15) is 26.7 Å². The van der Waals surface area contributed by atoms with Crippen LogP contribution in [0.15, 0.2) is 24.3 Å².